The summed E-state index contributed by atoms with van der Waals surface area (Å²) in [6.45, 7) is 6.21. The standard InChI is InChI=1S/C13H20N4O3/c1-4-14-12(18)8(3)17-11(9-6-7-9)10(15-16-17)13(19)20-5-2/h8-9H,4-7H2,1-3H3,(H,14,18). The maximum atomic E-state index is 11.9. The molecule has 0 aliphatic heterocycles. The van der Waals surface area contributed by atoms with Crippen LogP contribution < -0.4 is 5.32 Å². The van der Waals surface area contributed by atoms with Crippen molar-refractivity contribution in [2.45, 2.75) is 45.6 Å². The first-order chi connectivity index (χ1) is 9.60. The average molecular weight is 280 g/mol. The maximum absolute atomic E-state index is 11.9. The second kappa shape index (κ2) is 6.02. The first-order valence-corrected chi connectivity index (χ1v) is 7.00. The zero-order valence-corrected chi connectivity index (χ0v) is 12.0. The Kier molecular flexibility index (Phi) is 4.36. The van der Waals surface area contributed by atoms with Gasteiger partial charge in [0.2, 0.25) is 5.91 Å². The molecule has 110 valence electrons. The Hall–Kier alpha value is -1.92. The molecule has 1 saturated carbocycles. The number of rotatable bonds is 6. The van der Waals surface area contributed by atoms with Crippen LogP contribution in [0.1, 0.15) is 61.8 Å². The van der Waals surface area contributed by atoms with Gasteiger partial charge in [0, 0.05) is 12.5 Å². The summed E-state index contributed by atoms with van der Waals surface area (Å²) in [5.74, 6) is -0.347. The quantitative estimate of drug-likeness (QED) is 0.786. The minimum absolute atomic E-state index is 0.130. The smallest absolute Gasteiger partial charge is 0.360 e. The van der Waals surface area contributed by atoms with Crippen LogP contribution in [0.3, 0.4) is 0 Å². The maximum Gasteiger partial charge on any atom is 0.360 e. The van der Waals surface area contributed by atoms with Gasteiger partial charge in [-0.05, 0) is 33.6 Å². The predicted octanol–water partition coefficient (Wildman–Crippen LogP) is 1.03. The van der Waals surface area contributed by atoms with Crippen LogP contribution in [0.25, 0.3) is 0 Å². The van der Waals surface area contributed by atoms with E-state index < -0.39 is 12.0 Å². The Morgan fingerprint density at radius 3 is 2.70 bits per heavy atom. The molecule has 20 heavy (non-hydrogen) atoms. The largest absolute Gasteiger partial charge is 0.461 e. The van der Waals surface area contributed by atoms with Gasteiger partial charge in [-0.3, -0.25) is 4.79 Å². The minimum Gasteiger partial charge on any atom is -0.461 e. The van der Waals surface area contributed by atoms with Gasteiger partial charge < -0.3 is 10.1 Å². The lowest BCUT2D eigenvalue weighted by atomic mass is 10.2. The molecule has 1 aliphatic carbocycles. The van der Waals surface area contributed by atoms with Crippen LogP contribution in [0.4, 0.5) is 0 Å². The number of nitrogens with zero attached hydrogens (tertiary/aromatic N) is 3. The lowest BCUT2D eigenvalue weighted by Crippen LogP contribution is -2.32. The van der Waals surface area contributed by atoms with Crippen molar-refractivity contribution in [3.05, 3.63) is 11.4 Å². The van der Waals surface area contributed by atoms with Gasteiger partial charge in [0.25, 0.3) is 0 Å². The molecule has 0 saturated heterocycles. The normalized spacial score (nSPS) is 15.8. The summed E-state index contributed by atoms with van der Waals surface area (Å²) in [5, 5.41) is 10.7. The van der Waals surface area contributed by atoms with E-state index in [4.69, 9.17) is 4.74 Å². The number of carbonyl (C=O) groups excluding carboxylic acids is 2. The molecule has 1 N–H and O–H groups in total. The van der Waals surface area contributed by atoms with E-state index in [9.17, 15) is 9.59 Å². The van der Waals surface area contributed by atoms with Gasteiger partial charge in [0.1, 0.15) is 6.04 Å². The molecule has 0 aromatic carbocycles. The number of esters is 1. The molecule has 1 amide bonds. The van der Waals surface area contributed by atoms with E-state index in [2.05, 4.69) is 15.6 Å². The first kappa shape index (κ1) is 14.5. The van der Waals surface area contributed by atoms with Crippen molar-refractivity contribution in [1.29, 1.82) is 0 Å². The van der Waals surface area contributed by atoms with Crippen LogP contribution in [-0.2, 0) is 9.53 Å². The third kappa shape index (κ3) is 2.81. The number of likely N-dealkylation sites (N-methyl/N-ethyl adjacent to an activating group) is 1. The number of hydrogen-bond donors (Lipinski definition) is 1. The molecule has 2 rings (SSSR count). The highest BCUT2D eigenvalue weighted by Crippen LogP contribution is 2.42. The van der Waals surface area contributed by atoms with Crippen molar-refractivity contribution in [2.75, 3.05) is 13.2 Å². The molecule has 0 spiro atoms. The minimum atomic E-state index is -0.485. The van der Waals surface area contributed by atoms with Crippen LogP contribution in [0.5, 0.6) is 0 Å². The summed E-state index contributed by atoms with van der Waals surface area (Å²) in [4.78, 5) is 23.8. The van der Waals surface area contributed by atoms with Crippen molar-refractivity contribution in [2.24, 2.45) is 0 Å². The number of aromatic nitrogens is 3. The van der Waals surface area contributed by atoms with Gasteiger partial charge in [-0.15, -0.1) is 5.10 Å². The summed E-state index contributed by atoms with van der Waals surface area (Å²) < 4.78 is 6.54. The van der Waals surface area contributed by atoms with Gasteiger partial charge in [-0.1, -0.05) is 5.21 Å². The van der Waals surface area contributed by atoms with Gasteiger partial charge in [-0.2, -0.15) is 0 Å². The molecule has 1 aromatic rings. The number of nitrogens with one attached hydrogen (secondary N) is 1. The second-order valence-corrected chi connectivity index (χ2v) is 4.83. The highest BCUT2D eigenvalue weighted by molar-refractivity contribution is 5.89. The SMILES string of the molecule is CCNC(=O)C(C)n1nnc(C(=O)OCC)c1C1CC1. The molecule has 0 bridgehead atoms. The number of hydrogen-bond acceptors (Lipinski definition) is 5. The van der Waals surface area contributed by atoms with Crippen LogP contribution in [0, 0.1) is 0 Å². The molecule has 1 heterocycles. The van der Waals surface area contributed by atoms with E-state index in [1.165, 1.54) is 0 Å². The van der Waals surface area contributed by atoms with E-state index in [1.54, 1.807) is 18.5 Å². The van der Waals surface area contributed by atoms with E-state index in [0.717, 1.165) is 18.5 Å². The average Bonchev–Trinajstić information content (AvgIpc) is 3.17. The second-order valence-electron chi connectivity index (χ2n) is 4.83. The summed E-state index contributed by atoms with van der Waals surface area (Å²) in [7, 11) is 0. The lowest BCUT2D eigenvalue weighted by Gasteiger charge is -2.14. The van der Waals surface area contributed by atoms with E-state index in [0.29, 0.717) is 13.2 Å². The topological polar surface area (TPSA) is 86.1 Å². The summed E-state index contributed by atoms with van der Waals surface area (Å²) in [5.41, 5.74) is 0.965. The fourth-order valence-electron chi connectivity index (χ4n) is 2.10. The molecule has 7 nitrogen and oxygen atoms in total. The third-order valence-electron chi connectivity index (χ3n) is 3.26. The fourth-order valence-corrected chi connectivity index (χ4v) is 2.10. The molecular formula is C13H20N4O3. The van der Waals surface area contributed by atoms with Crippen molar-refractivity contribution >= 4 is 11.9 Å². The molecule has 1 aliphatic rings. The third-order valence-corrected chi connectivity index (χ3v) is 3.26. The summed E-state index contributed by atoms with van der Waals surface area (Å²) >= 11 is 0. The number of carbonyl (C=O) groups is 2. The van der Waals surface area contributed by atoms with E-state index in [-0.39, 0.29) is 17.5 Å². The monoisotopic (exact) mass is 280 g/mol. The van der Waals surface area contributed by atoms with Crippen LogP contribution in [0.15, 0.2) is 0 Å². The highest BCUT2D eigenvalue weighted by atomic mass is 16.5. The Morgan fingerprint density at radius 1 is 1.45 bits per heavy atom. The first-order valence-electron chi connectivity index (χ1n) is 7.00. The van der Waals surface area contributed by atoms with Crippen molar-refractivity contribution in [3.8, 4) is 0 Å². The van der Waals surface area contributed by atoms with Crippen molar-refractivity contribution < 1.29 is 14.3 Å². The number of amides is 1. The summed E-state index contributed by atoms with van der Waals surface area (Å²) in [6, 6.07) is -0.485. The van der Waals surface area contributed by atoms with Crippen molar-refractivity contribution in [1.82, 2.24) is 20.3 Å². The Morgan fingerprint density at radius 2 is 2.15 bits per heavy atom. The van der Waals surface area contributed by atoms with Crippen molar-refractivity contribution in [3.63, 3.8) is 0 Å². The Bertz CT molecular complexity index is 508. The Labute approximate surface area is 117 Å². The van der Waals surface area contributed by atoms with Gasteiger partial charge in [0.15, 0.2) is 5.69 Å². The zero-order valence-electron chi connectivity index (χ0n) is 12.0. The summed E-state index contributed by atoms with van der Waals surface area (Å²) in [6.07, 6.45) is 1.98. The van der Waals surface area contributed by atoms with Crippen LogP contribution >= 0.6 is 0 Å². The molecule has 1 fully saturated rings. The number of ether oxygens (including phenoxy) is 1. The molecular weight excluding hydrogens is 260 g/mol. The molecule has 1 atom stereocenters. The van der Waals surface area contributed by atoms with Gasteiger partial charge in [0.05, 0.1) is 12.3 Å². The fraction of sp³-hybridized carbons (Fsp3) is 0.692. The Balaban J connectivity index is 2.29. The molecule has 7 heteroatoms. The highest BCUT2D eigenvalue weighted by Gasteiger charge is 2.36. The predicted molar refractivity (Wildman–Crippen MR) is 71.3 cm³/mol. The molecule has 0 radical (unpaired) electrons. The van der Waals surface area contributed by atoms with Gasteiger partial charge >= 0.3 is 5.97 Å². The zero-order chi connectivity index (χ0) is 14.7. The van der Waals surface area contributed by atoms with E-state index >= 15 is 0 Å². The molecule has 1 unspecified atom stereocenters. The van der Waals surface area contributed by atoms with E-state index in [1.807, 2.05) is 6.92 Å². The van der Waals surface area contributed by atoms with Gasteiger partial charge in [-0.25, -0.2) is 9.48 Å². The molecule has 1 aromatic heterocycles. The lowest BCUT2D eigenvalue weighted by molar-refractivity contribution is -0.124. The van der Waals surface area contributed by atoms with Crippen LogP contribution in [-0.4, -0.2) is 40.0 Å². The van der Waals surface area contributed by atoms with Crippen LogP contribution in [0.2, 0.25) is 0 Å².